The fourth-order valence-electron chi connectivity index (χ4n) is 2.46. The summed E-state index contributed by atoms with van der Waals surface area (Å²) >= 11 is 0. The van der Waals surface area contributed by atoms with Gasteiger partial charge >= 0.3 is 0 Å². The number of rotatable bonds is 2. The van der Waals surface area contributed by atoms with Crippen LogP contribution in [0.5, 0.6) is 0 Å². The summed E-state index contributed by atoms with van der Waals surface area (Å²) in [7, 11) is 0. The van der Waals surface area contributed by atoms with Gasteiger partial charge in [-0.25, -0.2) is 0 Å². The third-order valence-corrected chi connectivity index (χ3v) is 3.39. The van der Waals surface area contributed by atoms with Crippen molar-refractivity contribution in [1.82, 2.24) is 0 Å². The number of aliphatic hydroxyl groups excluding tert-OH is 2. The third kappa shape index (κ3) is 2.70. The van der Waals surface area contributed by atoms with E-state index in [9.17, 15) is 10.2 Å². The zero-order valence-corrected chi connectivity index (χ0v) is 9.47. The van der Waals surface area contributed by atoms with Crippen LogP contribution in [0.3, 0.4) is 0 Å². The Morgan fingerprint density at radius 1 is 1.29 bits per heavy atom. The lowest BCUT2D eigenvalue weighted by atomic mass is 9.85. The lowest BCUT2D eigenvalue weighted by Gasteiger charge is -2.41. The summed E-state index contributed by atoms with van der Waals surface area (Å²) in [6, 6.07) is 0. The van der Waals surface area contributed by atoms with Crippen LogP contribution in [0.15, 0.2) is 5.11 Å². The standard InChI is InChI=1S/C10H17N3O4/c11-13-12-5-7-6-3-1-2-4-16-10(17-7)9(15)8(6)14/h6-10,14-15H,1-5H2. The maximum atomic E-state index is 10.0. The lowest BCUT2D eigenvalue weighted by molar-refractivity contribution is -0.280. The van der Waals surface area contributed by atoms with E-state index in [4.69, 9.17) is 15.0 Å². The van der Waals surface area contributed by atoms with Crippen molar-refractivity contribution in [3.63, 3.8) is 0 Å². The summed E-state index contributed by atoms with van der Waals surface area (Å²) in [5, 5.41) is 23.3. The van der Waals surface area contributed by atoms with Crippen LogP contribution in [-0.4, -0.2) is 48.0 Å². The number of hydrogen-bond acceptors (Lipinski definition) is 5. The molecule has 0 aromatic heterocycles. The molecule has 0 aromatic rings. The van der Waals surface area contributed by atoms with Crippen LogP contribution in [0.4, 0.5) is 0 Å². The van der Waals surface area contributed by atoms with E-state index in [-0.39, 0.29) is 18.6 Å². The van der Waals surface area contributed by atoms with Gasteiger partial charge in [-0.15, -0.1) is 0 Å². The van der Waals surface area contributed by atoms with Crippen LogP contribution in [0.1, 0.15) is 19.3 Å². The Labute approximate surface area is 99.0 Å². The highest BCUT2D eigenvalue weighted by atomic mass is 16.7. The van der Waals surface area contributed by atoms with E-state index in [1.54, 1.807) is 0 Å². The molecule has 2 N–H and O–H groups in total. The Balaban J connectivity index is 2.15. The maximum absolute atomic E-state index is 10.0. The third-order valence-electron chi connectivity index (χ3n) is 3.39. The summed E-state index contributed by atoms with van der Waals surface area (Å²) in [5.74, 6) is -0.201. The molecule has 5 atom stereocenters. The van der Waals surface area contributed by atoms with Crippen LogP contribution >= 0.6 is 0 Å². The first-order chi connectivity index (χ1) is 8.24. The van der Waals surface area contributed by atoms with Gasteiger partial charge < -0.3 is 19.7 Å². The molecule has 0 saturated carbocycles. The van der Waals surface area contributed by atoms with E-state index < -0.39 is 18.5 Å². The van der Waals surface area contributed by atoms with Gasteiger partial charge in [-0.3, -0.25) is 0 Å². The van der Waals surface area contributed by atoms with Crippen molar-refractivity contribution in [1.29, 1.82) is 0 Å². The maximum Gasteiger partial charge on any atom is 0.186 e. The van der Waals surface area contributed by atoms with Crippen LogP contribution < -0.4 is 0 Å². The van der Waals surface area contributed by atoms with Crippen molar-refractivity contribution in [3.8, 4) is 0 Å². The van der Waals surface area contributed by atoms with Gasteiger partial charge in [0.05, 0.1) is 18.8 Å². The summed E-state index contributed by atoms with van der Waals surface area (Å²) < 4.78 is 10.9. The minimum absolute atomic E-state index is 0.158. The molecule has 7 nitrogen and oxygen atoms in total. The van der Waals surface area contributed by atoms with Crippen molar-refractivity contribution < 1.29 is 19.7 Å². The molecule has 3 aliphatic heterocycles. The molecular formula is C10H17N3O4. The minimum atomic E-state index is -1.03. The lowest BCUT2D eigenvalue weighted by Crippen LogP contribution is -2.55. The zero-order chi connectivity index (χ0) is 12.3. The second-order valence-electron chi connectivity index (χ2n) is 4.47. The predicted octanol–water partition coefficient (Wildman–Crippen LogP) is 0.560. The molecule has 0 radical (unpaired) electrons. The topological polar surface area (TPSA) is 108 Å². The first-order valence-electron chi connectivity index (χ1n) is 5.88. The summed E-state index contributed by atoms with van der Waals surface area (Å²) in [6.45, 7) is 0.667. The second kappa shape index (κ2) is 5.66. The fourth-order valence-corrected chi connectivity index (χ4v) is 2.46. The highest BCUT2D eigenvalue weighted by Crippen LogP contribution is 2.32. The number of ether oxygens (including phenoxy) is 2. The Kier molecular flexibility index (Phi) is 4.20. The molecule has 0 aromatic carbocycles. The molecule has 3 heterocycles. The molecule has 3 rings (SSSR count). The number of aliphatic hydroxyl groups is 2. The monoisotopic (exact) mass is 243 g/mol. The largest absolute Gasteiger partial charge is 0.390 e. The SMILES string of the molecule is [N-]=[N+]=NCC1OC2OCCCCC1C(O)C2O. The number of nitrogens with zero attached hydrogens (tertiary/aromatic N) is 3. The smallest absolute Gasteiger partial charge is 0.186 e. The summed E-state index contributed by atoms with van der Waals surface area (Å²) in [6.07, 6.45) is -0.599. The van der Waals surface area contributed by atoms with Crippen LogP contribution in [-0.2, 0) is 9.47 Å². The van der Waals surface area contributed by atoms with Crippen LogP contribution in [0.2, 0.25) is 0 Å². The average Bonchev–Trinajstić information content (AvgIpc) is 2.47. The normalized spacial score (nSPS) is 42.1. The van der Waals surface area contributed by atoms with Crippen molar-refractivity contribution in [2.24, 2.45) is 11.0 Å². The van der Waals surface area contributed by atoms with Gasteiger partial charge in [0.1, 0.15) is 6.10 Å². The quantitative estimate of drug-likeness (QED) is 0.419. The van der Waals surface area contributed by atoms with Gasteiger partial charge in [0.25, 0.3) is 0 Å². The number of hydrogen-bond donors (Lipinski definition) is 2. The zero-order valence-electron chi connectivity index (χ0n) is 9.47. The second-order valence-corrected chi connectivity index (χ2v) is 4.47. The number of fused-ring (bicyclic) bond motifs is 6. The summed E-state index contributed by atoms with van der Waals surface area (Å²) in [4.78, 5) is 2.69. The van der Waals surface area contributed by atoms with Gasteiger partial charge in [-0.2, -0.15) is 0 Å². The van der Waals surface area contributed by atoms with Crippen molar-refractivity contribution in [3.05, 3.63) is 10.4 Å². The average molecular weight is 243 g/mol. The summed E-state index contributed by atoms with van der Waals surface area (Å²) in [5.41, 5.74) is 8.33. The van der Waals surface area contributed by atoms with E-state index in [0.717, 1.165) is 19.3 Å². The molecule has 7 heteroatoms. The molecule has 3 saturated heterocycles. The van der Waals surface area contributed by atoms with E-state index in [0.29, 0.717) is 6.61 Å². The first-order valence-corrected chi connectivity index (χ1v) is 5.88. The van der Waals surface area contributed by atoms with Gasteiger partial charge in [-0.1, -0.05) is 11.5 Å². The van der Waals surface area contributed by atoms with E-state index in [1.807, 2.05) is 0 Å². The molecule has 3 fully saturated rings. The molecule has 96 valence electrons. The van der Waals surface area contributed by atoms with Crippen LogP contribution in [0, 0.1) is 5.92 Å². The highest BCUT2D eigenvalue weighted by molar-refractivity contribution is 4.90. The van der Waals surface area contributed by atoms with Gasteiger partial charge in [0.2, 0.25) is 0 Å². The molecule has 0 amide bonds. The predicted molar refractivity (Wildman–Crippen MR) is 58.0 cm³/mol. The van der Waals surface area contributed by atoms with Crippen molar-refractivity contribution >= 4 is 0 Å². The Morgan fingerprint density at radius 3 is 2.88 bits per heavy atom. The molecule has 0 spiro atoms. The van der Waals surface area contributed by atoms with E-state index in [2.05, 4.69) is 10.0 Å². The van der Waals surface area contributed by atoms with Crippen molar-refractivity contribution in [2.75, 3.05) is 13.2 Å². The molecule has 2 bridgehead atoms. The van der Waals surface area contributed by atoms with Crippen molar-refractivity contribution in [2.45, 2.75) is 43.9 Å². The van der Waals surface area contributed by atoms with Gasteiger partial charge in [0, 0.05) is 17.4 Å². The van der Waals surface area contributed by atoms with E-state index >= 15 is 0 Å². The van der Waals surface area contributed by atoms with E-state index in [1.165, 1.54) is 0 Å². The molecule has 17 heavy (non-hydrogen) atoms. The molecule has 3 aliphatic rings. The first kappa shape index (κ1) is 12.6. The molecular weight excluding hydrogens is 226 g/mol. The fraction of sp³-hybridized carbons (Fsp3) is 1.00. The minimum Gasteiger partial charge on any atom is -0.390 e. The van der Waals surface area contributed by atoms with Gasteiger partial charge in [-0.05, 0) is 18.4 Å². The molecule has 5 unspecified atom stereocenters. The Bertz CT molecular complexity index is 306. The number of azide groups is 1. The van der Waals surface area contributed by atoms with Crippen LogP contribution in [0.25, 0.3) is 10.4 Å². The Hall–Kier alpha value is -0.850. The van der Waals surface area contributed by atoms with Gasteiger partial charge in [0.15, 0.2) is 6.29 Å². The Morgan fingerprint density at radius 2 is 2.12 bits per heavy atom. The molecule has 0 aliphatic carbocycles. The highest BCUT2D eigenvalue weighted by Gasteiger charge is 2.44.